The Morgan fingerprint density at radius 2 is 2.24 bits per heavy atom. The molecule has 0 aromatic heterocycles. The summed E-state index contributed by atoms with van der Waals surface area (Å²) in [6.45, 7) is 8.22. The molecule has 0 heterocycles. The van der Waals surface area contributed by atoms with E-state index in [1.54, 1.807) is 6.07 Å². The minimum Gasteiger partial charge on any atom is -0.493 e. The van der Waals surface area contributed by atoms with Gasteiger partial charge in [0.2, 0.25) is 0 Å². The van der Waals surface area contributed by atoms with E-state index in [4.69, 9.17) is 10.5 Å². The van der Waals surface area contributed by atoms with Crippen LogP contribution < -0.4 is 10.5 Å². The summed E-state index contributed by atoms with van der Waals surface area (Å²) in [4.78, 5) is 0. The fourth-order valence-corrected chi connectivity index (χ4v) is 1.53. The van der Waals surface area contributed by atoms with Crippen molar-refractivity contribution in [1.82, 2.24) is 0 Å². The third-order valence-corrected chi connectivity index (χ3v) is 2.35. The monoisotopic (exact) mass is 237 g/mol. The van der Waals surface area contributed by atoms with E-state index in [1.165, 1.54) is 12.1 Å². The molecule has 1 atom stereocenters. The number of nitrogens with two attached hydrogens (primary N) is 1. The lowest BCUT2D eigenvalue weighted by Crippen LogP contribution is -2.18. The molecule has 0 spiro atoms. The van der Waals surface area contributed by atoms with Crippen LogP contribution in [0.5, 0.6) is 5.75 Å². The zero-order valence-corrected chi connectivity index (χ0v) is 10.5. The first-order valence-electron chi connectivity index (χ1n) is 5.80. The van der Waals surface area contributed by atoms with E-state index in [2.05, 4.69) is 6.58 Å². The van der Waals surface area contributed by atoms with Crippen molar-refractivity contribution in [3.8, 4) is 5.75 Å². The Kier molecular flexibility index (Phi) is 5.16. The van der Waals surface area contributed by atoms with Crippen LogP contribution in [0.4, 0.5) is 4.39 Å². The van der Waals surface area contributed by atoms with Gasteiger partial charge in [0.15, 0.2) is 0 Å². The number of hydrogen-bond acceptors (Lipinski definition) is 2. The van der Waals surface area contributed by atoms with Crippen LogP contribution in [0.2, 0.25) is 0 Å². The molecule has 1 aromatic rings. The molecule has 0 aliphatic rings. The molecular weight excluding hydrogens is 217 g/mol. The summed E-state index contributed by atoms with van der Waals surface area (Å²) in [5.74, 6) is 0.456. The Labute approximate surface area is 102 Å². The Morgan fingerprint density at radius 1 is 1.53 bits per heavy atom. The van der Waals surface area contributed by atoms with Gasteiger partial charge in [-0.1, -0.05) is 5.57 Å². The average molecular weight is 237 g/mol. The summed E-state index contributed by atoms with van der Waals surface area (Å²) in [5.41, 5.74) is 7.62. The molecular formula is C14H20FNO. The van der Waals surface area contributed by atoms with Gasteiger partial charge in [-0.15, -0.1) is 6.58 Å². The van der Waals surface area contributed by atoms with Crippen LogP contribution in [0.1, 0.15) is 25.8 Å². The van der Waals surface area contributed by atoms with Crippen molar-refractivity contribution in [3.63, 3.8) is 0 Å². The Hall–Kier alpha value is -1.35. The van der Waals surface area contributed by atoms with Crippen molar-refractivity contribution >= 4 is 0 Å². The minimum atomic E-state index is -0.257. The molecule has 0 saturated heterocycles. The van der Waals surface area contributed by atoms with Crippen LogP contribution in [0.25, 0.3) is 0 Å². The SMILES string of the molecule is C=C(C)CCOc1ccc(F)cc1CC(C)N. The van der Waals surface area contributed by atoms with Gasteiger partial charge in [-0.05, 0) is 44.0 Å². The minimum absolute atomic E-state index is 0.0136. The van der Waals surface area contributed by atoms with Gasteiger partial charge in [0.1, 0.15) is 11.6 Å². The van der Waals surface area contributed by atoms with Crippen LogP contribution in [0.3, 0.4) is 0 Å². The lowest BCUT2D eigenvalue weighted by Gasteiger charge is -2.13. The van der Waals surface area contributed by atoms with Gasteiger partial charge in [-0.3, -0.25) is 0 Å². The van der Waals surface area contributed by atoms with E-state index >= 15 is 0 Å². The molecule has 1 aromatic carbocycles. The quantitative estimate of drug-likeness (QED) is 0.772. The van der Waals surface area contributed by atoms with Gasteiger partial charge in [0.25, 0.3) is 0 Å². The third-order valence-electron chi connectivity index (χ3n) is 2.35. The molecule has 1 rings (SSSR count). The number of hydrogen-bond donors (Lipinski definition) is 1. The largest absolute Gasteiger partial charge is 0.493 e. The maximum Gasteiger partial charge on any atom is 0.123 e. The molecule has 0 bridgehead atoms. The van der Waals surface area contributed by atoms with Crippen molar-refractivity contribution in [1.29, 1.82) is 0 Å². The highest BCUT2D eigenvalue weighted by molar-refractivity contribution is 5.34. The molecule has 0 fully saturated rings. The first kappa shape index (κ1) is 13.7. The molecule has 0 aliphatic carbocycles. The molecule has 0 saturated carbocycles. The van der Waals surface area contributed by atoms with Gasteiger partial charge in [-0.25, -0.2) is 4.39 Å². The lowest BCUT2D eigenvalue weighted by molar-refractivity contribution is 0.317. The molecule has 94 valence electrons. The van der Waals surface area contributed by atoms with E-state index in [9.17, 15) is 4.39 Å². The Bertz CT molecular complexity index is 388. The molecule has 17 heavy (non-hydrogen) atoms. The van der Waals surface area contributed by atoms with Crippen molar-refractivity contribution in [3.05, 3.63) is 41.7 Å². The molecule has 0 amide bonds. The smallest absolute Gasteiger partial charge is 0.123 e. The number of ether oxygens (including phenoxy) is 1. The molecule has 3 heteroatoms. The van der Waals surface area contributed by atoms with E-state index < -0.39 is 0 Å². The topological polar surface area (TPSA) is 35.2 Å². The van der Waals surface area contributed by atoms with E-state index in [0.29, 0.717) is 18.8 Å². The Morgan fingerprint density at radius 3 is 2.82 bits per heavy atom. The average Bonchev–Trinajstić information content (AvgIpc) is 2.20. The molecule has 0 radical (unpaired) electrons. The van der Waals surface area contributed by atoms with Crippen LogP contribution in [-0.2, 0) is 6.42 Å². The van der Waals surface area contributed by atoms with E-state index in [-0.39, 0.29) is 11.9 Å². The van der Waals surface area contributed by atoms with Crippen molar-refractivity contribution in [2.75, 3.05) is 6.61 Å². The zero-order valence-electron chi connectivity index (χ0n) is 10.5. The second-order valence-electron chi connectivity index (χ2n) is 4.49. The van der Waals surface area contributed by atoms with Gasteiger partial charge in [0.05, 0.1) is 6.61 Å². The Balaban J connectivity index is 2.72. The summed E-state index contributed by atoms with van der Waals surface area (Å²) in [7, 11) is 0. The van der Waals surface area contributed by atoms with Crippen molar-refractivity contribution in [2.24, 2.45) is 5.73 Å². The van der Waals surface area contributed by atoms with Crippen LogP contribution in [-0.4, -0.2) is 12.6 Å². The molecule has 2 nitrogen and oxygen atoms in total. The van der Waals surface area contributed by atoms with Gasteiger partial charge < -0.3 is 10.5 Å². The van der Waals surface area contributed by atoms with Gasteiger partial charge in [0, 0.05) is 12.5 Å². The normalized spacial score (nSPS) is 12.2. The van der Waals surface area contributed by atoms with E-state index in [1.807, 2.05) is 13.8 Å². The van der Waals surface area contributed by atoms with Crippen molar-refractivity contribution in [2.45, 2.75) is 32.7 Å². The van der Waals surface area contributed by atoms with Crippen LogP contribution in [0, 0.1) is 5.82 Å². The predicted molar refractivity (Wildman–Crippen MR) is 68.7 cm³/mol. The predicted octanol–water partition coefficient (Wildman–Crippen LogP) is 3.06. The van der Waals surface area contributed by atoms with Gasteiger partial charge in [-0.2, -0.15) is 0 Å². The molecule has 0 aliphatic heterocycles. The summed E-state index contributed by atoms with van der Waals surface area (Å²) in [6, 6.07) is 4.53. The number of benzene rings is 1. The molecule has 2 N–H and O–H groups in total. The maximum atomic E-state index is 13.1. The first-order valence-corrected chi connectivity index (χ1v) is 5.80. The summed E-state index contributed by atoms with van der Waals surface area (Å²) in [6.07, 6.45) is 1.41. The number of rotatable bonds is 6. The fraction of sp³-hybridized carbons (Fsp3) is 0.429. The molecule has 1 unspecified atom stereocenters. The highest BCUT2D eigenvalue weighted by Gasteiger charge is 2.07. The second kappa shape index (κ2) is 6.40. The summed E-state index contributed by atoms with van der Waals surface area (Å²) >= 11 is 0. The summed E-state index contributed by atoms with van der Waals surface area (Å²) in [5, 5.41) is 0. The highest BCUT2D eigenvalue weighted by Crippen LogP contribution is 2.21. The standard InChI is InChI=1S/C14H20FNO/c1-10(2)6-7-17-14-5-4-13(15)9-12(14)8-11(3)16/h4-5,9,11H,1,6-8,16H2,2-3H3. The second-order valence-corrected chi connectivity index (χ2v) is 4.49. The fourth-order valence-electron chi connectivity index (χ4n) is 1.53. The third kappa shape index (κ3) is 5.00. The van der Waals surface area contributed by atoms with E-state index in [0.717, 1.165) is 17.6 Å². The highest BCUT2D eigenvalue weighted by atomic mass is 19.1. The van der Waals surface area contributed by atoms with Crippen LogP contribution >= 0.6 is 0 Å². The maximum absolute atomic E-state index is 13.1. The first-order chi connectivity index (χ1) is 7.99. The zero-order chi connectivity index (χ0) is 12.8. The van der Waals surface area contributed by atoms with Gasteiger partial charge >= 0.3 is 0 Å². The summed E-state index contributed by atoms with van der Waals surface area (Å²) < 4.78 is 18.8. The van der Waals surface area contributed by atoms with Crippen LogP contribution in [0.15, 0.2) is 30.4 Å². The number of halogens is 1. The van der Waals surface area contributed by atoms with Crippen molar-refractivity contribution < 1.29 is 9.13 Å². The lowest BCUT2D eigenvalue weighted by atomic mass is 10.1.